The topological polar surface area (TPSA) is 66.8 Å². The van der Waals surface area contributed by atoms with Gasteiger partial charge in [0.1, 0.15) is 10.6 Å². The Labute approximate surface area is 114 Å². The first-order chi connectivity index (χ1) is 8.95. The van der Waals surface area contributed by atoms with Crippen molar-refractivity contribution in [3.63, 3.8) is 0 Å². The zero-order valence-corrected chi connectivity index (χ0v) is 12.4. The van der Waals surface area contributed by atoms with Gasteiger partial charge in [0.25, 0.3) is 0 Å². The van der Waals surface area contributed by atoms with E-state index in [2.05, 4.69) is 0 Å². The van der Waals surface area contributed by atoms with Crippen molar-refractivity contribution in [2.45, 2.75) is 31.2 Å². The van der Waals surface area contributed by atoms with E-state index in [9.17, 15) is 8.42 Å². The Morgan fingerprint density at radius 2 is 1.95 bits per heavy atom. The van der Waals surface area contributed by atoms with Crippen LogP contribution in [0.2, 0.25) is 0 Å². The highest BCUT2D eigenvalue weighted by Crippen LogP contribution is 2.27. The fraction of sp³-hybridized carbons (Fsp3) is 0.538. The van der Waals surface area contributed by atoms with Gasteiger partial charge in [-0.25, -0.2) is 8.42 Å². The van der Waals surface area contributed by atoms with E-state index in [1.807, 2.05) is 13.8 Å². The minimum absolute atomic E-state index is 0.0370. The summed E-state index contributed by atoms with van der Waals surface area (Å²) in [6.45, 7) is 3.87. The Bertz CT molecular complexity index is 499. The standard InChI is InChI=1S/C13H21NO4S/c1-11(2)14(9-6-10-15)19(16,17)13-8-5-4-7-12(13)18-3/h4-5,7-8,11,15H,6,9-10H2,1-3H3. The van der Waals surface area contributed by atoms with Gasteiger partial charge in [-0.05, 0) is 32.4 Å². The van der Waals surface area contributed by atoms with Crippen LogP contribution in [0.5, 0.6) is 5.75 Å². The van der Waals surface area contributed by atoms with Gasteiger partial charge in [0, 0.05) is 19.2 Å². The summed E-state index contributed by atoms with van der Waals surface area (Å²) in [5.41, 5.74) is 0. The van der Waals surface area contributed by atoms with Crippen molar-refractivity contribution in [3.8, 4) is 5.75 Å². The number of aliphatic hydroxyl groups excluding tert-OH is 1. The van der Waals surface area contributed by atoms with Crippen molar-refractivity contribution < 1.29 is 18.3 Å². The van der Waals surface area contributed by atoms with Gasteiger partial charge in [0.05, 0.1) is 7.11 Å². The Morgan fingerprint density at radius 3 is 2.47 bits per heavy atom. The average Bonchev–Trinajstić information content (AvgIpc) is 2.38. The maximum atomic E-state index is 12.6. The molecule has 0 amide bonds. The summed E-state index contributed by atoms with van der Waals surface area (Å²) in [6.07, 6.45) is 0.409. The lowest BCUT2D eigenvalue weighted by Gasteiger charge is -2.26. The minimum Gasteiger partial charge on any atom is -0.495 e. The molecule has 0 atom stereocenters. The van der Waals surface area contributed by atoms with Crippen LogP contribution in [0.4, 0.5) is 0 Å². The molecule has 1 rings (SSSR count). The summed E-state index contributed by atoms with van der Waals surface area (Å²) < 4.78 is 31.7. The highest BCUT2D eigenvalue weighted by atomic mass is 32.2. The Morgan fingerprint density at radius 1 is 1.32 bits per heavy atom. The molecule has 19 heavy (non-hydrogen) atoms. The van der Waals surface area contributed by atoms with Crippen LogP contribution in [-0.2, 0) is 10.0 Å². The normalized spacial score (nSPS) is 12.1. The van der Waals surface area contributed by atoms with Crippen LogP contribution in [0.3, 0.4) is 0 Å². The molecule has 1 N–H and O–H groups in total. The predicted octanol–water partition coefficient (Wildman–Crippen LogP) is 1.48. The summed E-state index contributed by atoms with van der Waals surface area (Å²) in [7, 11) is -2.17. The quantitative estimate of drug-likeness (QED) is 0.825. The fourth-order valence-electron chi connectivity index (χ4n) is 1.84. The Kier molecular flexibility index (Phi) is 5.78. The molecule has 0 aliphatic rings. The molecule has 0 fully saturated rings. The number of aliphatic hydroxyl groups is 1. The first-order valence-electron chi connectivity index (χ1n) is 6.21. The first-order valence-corrected chi connectivity index (χ1v) is 7.65. The average molecular weight is 287 g/mol. The van der Waals surface area contributed by atoms with Crippen LogP contribution < -0.4 is 4.74 Å². The maximum Gasteiger partial charge on any atom is 0.246 e. The number of benzene rings is 1. The molecule has 1 aromatic carbocycles. The number of methoxy groups -OCH3 is 1. The second-order valence-electron chi connectivity index (χ2n) is 4.44. The molecule has 1 aromatic rings. The van der Waals surface area contributed by atoms with E-state index in [4.69, 9.17) is 9.84 Å². The van der Waals surface area contributed by atoms with Gasteiger partial charge in [-0.15, -0.1) is 0 Å². The van der Waals surface area contributed by atoms with Crippen molar-refractivity contribution in [2.24, 2.45) is 0 Å². The molecule has 0 aromatic heterocycles. The summed E-state index contributed by atoms with van der Waals surface area (Å²) in [5.74, 6) is 0.331. The van der Waals surface area contributed by atoms with Crippen LogP contribution >= 0.6 is 0 Å². The van der Waals surface area contributed by atoms with Crippen molar-refractivity contribution in [3.05, 3.63) is 24.3 Å². The Balaban J connectivity index is 3.19. The van der Waals surface area contributed by atoms with Crippen molar-refractivity contribution >= 4 is 10.0 Å². The van der Waals surface area contributed by atoms with Gasteiger partial charge in [0.15, 0.2) is 0 Å². The van der Waals surface area contributed by atoms with E-state index in [1.54, 1.807) is 18.2 Å². The van der Waals surface area contributed by atoms with E-state index in [-0.39, 0.29) is 24.1 Å². The molecule has 108 valence electrons. The van der Waals surface area contributed by atoms with Crippen molar-refractivity contribution in [1.82, 2.24) is 4.31 Å². The molecular formula is C13H21NO4S. The third-order valence-electron chi connectivity index (χ3n) is 2.77. The third-order valence-corrected chi connectivity index (χ3v) is 4.88. The zero-order chi connectivity index (χ0) is 14.5. The maximum absolute atomic E-state index is 12.6. The molecule has 0 saturated heterocycles. The van der Waals surface area contributed by atoms with Gasteiger partial charge in [-0.2, -0.15) is 4.31 Å². The van der Waals surface area contributed by atoms with Crippen LogP contribution in [0.15, 0.2) is 29.2 Å². The van der Waals surface area contributed by atoms with E-state index >= 15 is 0 Å². The second-order valence-corrected chi connectivity index (χ2v) is 6.30. The SMILES string of the molecule is COc1ccccc1S(=O)(=O)N(CCCO)C(C)C. The number of rotatable bonds is 7. The monoisotopic (exact) mass is 287 g/mol. The van der Waals surface area contributed by atoms with E-state index in [0.29, 0.717) is 12.2 Å². The van der Waals surface area contributed by atoms with Crippen LogP contribution in [0, 0.1) is 0 Å². The van der Waals surface area contributed by atoms with E-state index in [1.165, 1.54) is 17.5 Å². The summed E-state index contributed by atoms with van der Waals surface area (Å²) in [5, 5.41) is 8.89. The number of para-hydroxylation sites is 1. The fourth-order valence-corrected chi connectivity index (χ4v) is 3.67. The van der Waals surface area contributed by atoms with E-state index < -0.39 is 10.0 Å². The lowest BCUT2D eigenvalue weighted by molar-refractivity contribution is 0.258. The largest absolute Gasteiger partial charge is 0.495 e. The zero-order valence-electron chi connectivity index (χ0n) is 11.5. The third kappa shape index (κ3) is 3.68. The minimum atomic E-state index is -3.62. The van der Waals surface area contributed by atoms with Crippen LogP contribution in [0.25, 0.3) is 0 Å². The lowest BCUT2D eigenvalue weighted by atomic mass is 10.3. The number of ether oxygens (including phenoxy) is 1. The second kappa shape index (κ2) is 6.88. The molecule has 5 nitrogen and oxygen atoms in total. The molecule has 0 heterocycles. The molecular weight excluding hydrogens is 266 g/mol. The molecule has 6 heteroatoms. The number of hydrogen-bond acceptors (Lipinski definition) is 4. The van der Waals surface area contributed by atoms with Gasteiger partial charge < -0.3 is 9.84 Å². The van der Waals surface area contributed by atoms with Crippen molar-refractivity contribution in [1.29, 1.82) is 0 Å². The van der Waals surface area contributed by atoms with Crippen LogP contribution in [-0.4, -0.2) is 44.1 Å². The Hall–Kier alpha value is -1.11. The highest BCUT2D eigenvalue weighted by molar-refractivity contribution is 7.89. The molecule has 0 aliphatic carbocycles. The molecule has 0 aliphatic heterocycles. The molecule has 0 bridgehead atoms. The van der Waals surface area contributed by atoms with Gasteiger partial charge >= 0.3 is 0 Å². The summed E-state index contributed by atoms with van der Waals surface area (Å²) in [4.78, 5) is 0.157. The smallest absolute Gasteiger partial charge is 0.246 e. The van der Waals surface area contributed by atoms with Crippen molar-refractivity contribution in [2.75, 3.05) is 20.3 Å². The molecule has 0 unspecified atom stereocenters. The molecule has 0 spiro atoms. The molecule has 0 saturated carbocycles. The highest BCUT2D eigenvalue weighted by Gasteiger charge is 2.29. The summed E-state index contributed by atoms with van der Waals surface area (Å²) in [6, 6.07) is 6.37. The number of sulfonamides is 1. The first kappa shape index (κ1) is 15.9. The van der Waals surface area contributed by atoms with Gasteiger partial charge in [-0.3, -0.25) is 0 Å². The van der Waals surface area contributed by atoms with E-state index in [0.717, 1.165) is 0 Å². The lowest BCUT2D eigenvalue weighted by Crippen LogP contribution is -2.38. The van der Waals surface area contributed by atoms with Gasteiger partial charge in [-0.1, -0.05) is 12.1 Å². The van der Waals surface area contributed by atoms with Crippen LogP contribution in [0.1, 0.15) is 20.3 Å². The predicted molar refractivity (Wildman–Crippen MR) is 73.7 cm³/mol. The van der Waals surface area contributed by atoms with Gasteiger partial charge in [0.2, 0.25) is 10.0 Å². The number of hydrogen-bond donors (Lipinski definition) is 1. The summed E-state index contributed by atoms with van der Waals surface area (Å²) >= 11 is 0. The number of nitrogens with zero attached hydrogens (tertiary/aromatic N) is 1. The molecule has 0 radical (unpaired) electrons.